The summed E-state index contributed by atoms with van der Waals surface area (Å²) in [6, 6.07) is 23.7. The zero-order chi connectivity index (χ0) is 21.4. The van der Waals surface area contributed by atoms with E-state index in [0.29, 0.717) is 24.8 Å². The second-order valence-corrected chi connectivity index (χ2v) is 8.34. The molecule has 0 spiro atoms. The van der Waals surface area contributed by atoms with E-state index >= 15 is 0 Å². The van der Waals surface area contributed by atoms with Gasteiger partial charge in [-0.1, -0.05) is 68.8 Å². The maximum Gasteiger partial charge on any atom is 0.137 e. The lowest BCUT2D eigenvalue weighted by molar-refractivity contribution is 0.0824. The molecular formula is C26H29ClO3. The average molecular weight is 425 g/mol. The monoisotopic (exact) mass is 424 g/mol. The van der Waals surface area contributed by atoms with E-state index in [4.69, 9.17) is 25.8 Å². The van der Waals surface area contributed by atoms with E-state index < -0.39 is 0 Å². The van der Waals surface area contributed by atoms with Crippen molar-refractivity contribution in [3.05, 3.63) is 88.9 Å². The number of ether oxygens (including phenoxy) is 3. The van der Waals surface area contributed by atoms with Crippen LogP contribution in [-0.4, -0.2) is 13.2 Å². The van der Waals surface area contributed by atoms with Crippen LogP contribution in [0.4, 0.5) is 0 Å². The van der Waals surface area contributed by atoms with Crippen LogP contribution in [0.15, 0.2) is 72.8 Å². The van der Waals surface area contributed by atoms with Crippen LogP contribution in [0.3, 0.4) is 0 Å². The summed E-state index contributed by atoms with van der Waals surface area (Å²) in [7, 11) is 0. The van der Waals surface area contributed by atoms with Crippen molar-refractivity contribution in [1.29, 1.82) is 0 Å². The van der Waals surface area contributed by atoms with E-state index in [2.05, 4.69) is 26.8 Å². The van der Waals surface area contributed by atoms with Gasteiger partial charge in [-0.25, -0.2) is 0 Å². The molecule has 0 heterocycles. The molecule has 30 heavy (non-hydrogen) atoms. The second kappa shape index (κ2) is 10.5. The molecule has 0 aliphatic heterocycles. The van der Waals surface area contributed by atoms with Gasteiger partial charge < -0.3 is 14.2 Å². The number of halogens is 1. The van der Waals surface area contributed by atoms with Crippen molar-refractivity contribution in [2.45, 2.75) is 39.2 Å². The summed E-state index contributed by atoms with van der Waals surface area (Å²) < 4.78 is 17.6. The zero-order valence-electron chi connectivity index (χ0n) is 17.9. The molecule has 0 aromatic heterocycles. The van der Waals surface area contributed by atoms with Gasteiger partial charge in [0.05, 0.1) is 24.8 Å². The minimum atomic E-state index is -0.176. The lowest BCUT2D eigenvalue weighted by Crippen LogP contribution is -2.24. The highest BCUT2D eigenvalue weighted by molar-refractivity contribution is 6.32. The Hall–Kier alpha value is -2.49. The minimum absolute atomic E-state index is 0.176. The topological polar surface area (TPSA) is 27.7 Å². The zero-order valence-corrected chi connectivity index (χ0v) is 18.6. The van der Waals surface area contributed by atoms with Crippen LogP contribution in [0.5, 0.6) is 17.2 Å². The minimum Gasteiger partial charge on any atom is -0.492 e. The summed E-state index contributed by atoms with van der Waals surface area (Å²) in [4.78, 5) is 0. The molecule has 0 N–H and O–H groups in total. The third-order valence-electron chi connectivity index (χ3n) is 4.78. The van der Waals surface area contributed by atoms with Gasteiger partial charge >= 0.3 is 0 Å². The predicted octanol–water partition coefficient (Wildman–Crippen LogP) is 7.42. The van der Waals surface area contributed by atoms with Gasteiger partial charge in [-0.3, -0.25) is 0 Å². The summed E-state index contributed by atoms with van der Waals surface area (Å²) in [5.74, 6) is 2.35. The fraction of sp³-hybridized carbons (Fsp3) is 0.308. The van der Waals surface area contributed by atoms with Gasteiger partial charge in [-0.05, 0) is 53.9 Å². The van der Waals surface area contributed by atoms with Gasteiger partial charge in [0.1, 0.15) is 17.2 Å². The van der Waals surface area contributed by atoms with Gasteiger partial charge in [0, 0.05) is 5.41 Å². The normalized spacial score (nSPS) is 11.3. The van der Waals surface area contributed by atoms with Crippen molar-refractivity contribution in [3.63, 3.8) is 0 Å². The number of hydrogen-bond donors (Lipinski definition) is 0. The van der Waals surface area contributed by atoms with Gasteiger partial charge in [-0.15, -0.1) is 0 Å². The summed E-state index contributed by atoms with van der Waals surface area (Å²) in [5.41, 5.74) is 2.02. The van der Waals surface area contributed by atoms with E-state index in [9.17, 15) is 0 Å². The first-order chi connectivity index (χ1) is 14.5. The van der Waals surface area contributed by atoms with E-state index in [1.165, 1.54) is 0 Å². The predicted molar refractivity (Wildman–Crippen MR) is 123 cm³/mol. The summed E-state index contributed by atoms with van der Waals surface area (Å²) in [6.07, 6.45) is 0.953. The van der Waals surface area contributed by atoms with Gasteiger partial charge in [0.15, 0.2) is 0 Å². The molecule has 3 nitrogen and oxygen atoms in total. The van der Waals surface area contributed by atoms with Gasteiger partial charge in [-0.2, -0.15) is 0 Å². The molecule has 0 amide bonds. The molecule has 0 fully saturated rings. The van der Waals surface area contributed by atoms with Crippen molar-refractivity contribution in [2.75, 3.05) is 13.2 Å². The molecule has 0 aliphatic carbocycles. The molecule has 158 valence electrons. The van der Waals surface area contributed by atoms with E-state index in [-0.39, 0.29) is 5.41 Å². The molecule has 0 atom stereocenters. The van der Waals surface area contributed by atoms with Crippen LogP contribution in [0.2, 0.25) is 5.02 Å². The molecule has 0 unspecified atom stereocenters. The maximum absolute atomic E-state index is 6.41. The van der Waals surface area contributed by atoms with Gasteiger partial charge in [0.25, 0.3) is 0 Å². The highest BCUT2D eigenvalue weighted by Crippen LogP contribution is 2.32. The molecule has 3 rings (SSSR count). The molecule has 0 radical (unpaired) electrons. The fourth-order valence-electron chi connectivity index (χ4n) is 3.08. The molecule has 4 heteroatoms. The second-order valence-electron chi connectivity index (χ2n) is 7.93. The number of para-hydroxylation sites is 1. The SMILES string of the molecule is CCCOc1ccc(C(C)(C)COCc2cccc(Oc3ccccc3)c2)cc1Cl. The Labute approximate surface area is 184 Å². The van der Waals surface area contributed by atoms with Crippen LogP contribution in [0.1, 0.15) is 38.3 Å². The van der Waals surface area contributed by atoms with Crippen molar-refractivity contribution in [1.82, 2.24) is 0 Å². The third-order valence-corrected chi connectivity index (χ3v) is 5.08. The molecule has 0 saturated carbocycles. The quantitative estimate of drug-likeness (QED) is 0.339. The third kappa shape index (κ3) is 6.25. The largest absolute Gasteiger partial charge is 0.492 e. The van der Waals surface area contributed by atoms with E-state index in [1.807, 2.05) is 66.7 Å². The maximum atomic E-state index is 6.41. The molecule has 0 bridgehead atoms. The Bertz CT molecular complexity index is 938. The standard InChI is InChI=1S/C26H29ClO3/c1-4-15-29-25-14-13-21(17-24(25)27)26(2,3)19-28-18-20-9-8-12-23(16-20)30-22-10-6-5-7-11-22/h5-14,16-17H,4,15,18-19H2,1-3H3. The Morgan fingerprint density at radius 3 is 2.37 bits per heavy atom. The van der Waals surface area contributed by atoms with Crippen LogP contribution in [0.25, 0.3) is 0 Å². The van der Waals surface area contributed by atoms with Crippen molar-refractivity contribution in [3.8, 4) is 17.2 Å². The molecule has 3 aromatic rings. The van der Waals surface area contributed by atoms with Crippen molar-refractivity contribution >= 4 is 11.6 Å². The number of benzene rings is 3. The number of hydrogen-bond acceptors (Lipinski definition) is 3. The first-order valence-electron chi connectivity index (χ1n) is 10.3. The summed E-state index contributed by atoms with van der Waals surface area (Å²) in [6.45, 7) is 8.13. The molecule has 0 saturated heterocycles. The van der Waals surface area contributed by atoms with Crippen LogP contribution < -0.4 is 9.47 Å². The molecule has 3 aromatic carbocycles. The summed E-state index contributed by atoms with van der Waals surface area (Å²) >= 11 is 6.41. The van der Waals surface area contributed by atoms with E-state index in [1.54, 1.807) is 0 Å². The lowest BCUT2D eigenvalue weighted by Gasteiger charge is -2.26. The molecular weight excluding hydrogens is 396 g/mol. The smallest absolute Gasteiger partial charge is 0.137 e. The summed E-state index contributed by atoms with van der Waals surface area (Å²) in [5, 5.41) is 0.639. The highest BCUT2D eigenvalue weighted by Gasteiger charge is 2.22. The Kier molecular flexibility index (Phi) is 7.78. The Morgan fingerprint density at radius 2 is 1.63 bits per heavy atom. The highest BCUT2D eigenvalue weighted by atomic mass is 35.5. The lowest BCUT2D eigenvalue weighted by atomic mass is 9.85. The first kappa shape index (κ1) is 22.2. The number of rotatable bonds is 10. The molecule has 0 aliphatic rings. The first-order valence-corrected chi connectivity index (χ1v) is 10.7. The Balaban J connectivity index is 1.57. The van der Waals surface area contributed by atoms with Crippen molar-refractivity contribution in [2.24, 2.45) is 0 Å². The van der Waals surface area contributed by atoms with Crippen LogP contribution in [0, 0.1) is 0 Å². The van der Waals surface area contributed by atoms with Gasteiger partial charge in [0.2, 0.25) is 0 Å². The van der Waals surface area contributed by atoms with E-state index in [0.717, 1.165) is 34.8 Å². The Morgan fingerprint density at radius 1 is 0.867 bits per heavy atom. The average Bonchev–Trinajstić information content (AvgIpc) is 2.74. The fourth-order valence-corrected chi connectivity index (χ4v) is 3.32. The van der Waals surface area contributed by atoms with Crippen LogP contribution >= 0.6 is 11.6 Å². The van der Waals surface area contributed by atoms with Crippen LogP contribution in [-0.2, 0) is 16.8 Å². The van der Waals surface area contributed by atoms with Crippen molar-refractivity contribution < 1.29 is 14.2 Å².